The maximum atomic E-state index is 13.0. The summed E-state index contributed by atoms with van der Waals surface area (Å²) in [6, 6.07) is 1.91. The number of amides is 2. The summed E-state index contributed by atoms with van der Waals surface area (Å²) in [5, 5.41) is 15.5. The molecule has 1 fully saturated rings. The zero-order valence-electron chi connectivity index (χ0n) is 18.6. The molecule has 3 aromatic rings. The van der Waals surface area contributed by atoms with E-state index in [0.29, 0.717) is 37.0 Å². The summed E-state index contributed by atoms with van der Waals surface area (Å²) in [5.41, 5.74) is 5.88. The molecule has 0 spiro atoms. The number of piperidine rings is 1. The Bertz CT molecular complexity index is 1110. The average molecular weight is 455 g/mol. The number of anilines is 1. The van der Waals surface area contributed by atoms with E-state index in [1.807, 2.05) is 38.7 Å². The molecule has 1 saturated heterocycles. The number of nitrogens with one attached hydrogen (secondary N) is 1. The lowest BCUT2D eigenvalue weighted by molar-refractivity contribution is -0.133. The van der Waals surface area contributed by atoms with E-state index in [-0.39, 0.29) is 24.2 Å². The monoisotopic (exact) mass is 454 g/mol. The van der Waals surface area contributed by atoms with E-state index in [1.165, 1.54) is 11.3 Å². The first-order valence-electron chi connectivity index (χ1n) is 10.5. The van der Waals surface area contributed by atoms with Crippen molar-refractivity contribution in [3.63, 3.8) is 0 Å². The summed E-state index contributed by atoms with van der Waals surface area (Å²) >= 11 is 1.29. The van der Waals surface area contributed by atoms with Gasteiger partial charge in [0.25, 0.3) is 5.95 Å². The van der Waals surface area contributed by atoms with E-state index in [4.69, 9.17) is 0 Å². The Morgan fingerprint density at radius 3 is 2.44 bits per heavy atom. The fourth-order valence-corrected chi connectivity index (χ4v) is 4.46. The Morgan fingerprint density at radius 1 is 1.12 bits per heavy atom. The van der Waals surface area contributed by atoms with Crippen LogP contribution in [0.4, 0.5) is 5.13 Å². The van der Waals surface area contributed by atoms with Crippen LogP contribution in [0.2, 0.25) is 0 Å². The van der Waals surface area contributed by atoms with Crippen LogP contribution in [0.5, 0.6) is 0 Å². The fourth-order valence-electron chi connectivity index (χ4n) is 4.02. The first-order chi connectivity index (χ1) is 15.3. The summed E-state index contributed by atoms with van der Waals surface area (Å²) in [4.78, 5) is 36.2. The lowest BCUT2D eigenvalue weighted by Crippen LogP contribution is -2.42. The molecule has 4 rings (SSSR count). The third-order valence-corrected chi connectivity index (χ3v) is 6.34. The van der Waals surface area contributed by atoms with Crippen LogP contribution in [0.25, 0.3) is 5.95 Å². The number of aromatic nitrogens is 6. The highest BCUT2D eigenvalue weighted by atomic mass is 32.1. The Labute approximate surface area is 190 Å². The summed E-state index contributed by atoms with van der Waals surface area (Å²) < 4.78 is 1.71. The normalized spacial score (nSPS) is 14.6. The summed E-state index contributed by atoms with van der Waals surface area (Å²) in [6.07, 6.45) is 1.53. The molecule has 10 nitrogen and oxygen atoms in total. The molecule has 0 atom stereocenters. The molecule has 0 radical (unpaired) electrons. The molecule has 0 bridgehead atoms. The molecular formula is C21H26N8O2S. The van der Waals surface area contributed by atoms with E-state index in [2.05, 4.69) is 30.6 Å². The number of hydrogen-bond donors (Lipinski definition) is 1. The SMILES string of the molecule is Cc1cc(C)nc(-n2nc(C)c(CC(=O)N3CCC(C(=O)Nc4nncs4)CC3)c2C)n1. The van der Waals surface area contributed by atoms with Gasteiger partial charge >= 0.3 is 0 Å². The number of carbonyl (C=O) groups is 2. The summed E-state index contributed by atoms with van der Waals surface area (Å²) in [6.45, 7) is 8.80. The highest BCUT2D eigenvalue weighted by Crippen LogP contribution is 2.22. The minimum atomic E-state index is -0.129. The predicted molar refractivity (Wildman–Crippen MR) is 120 cm³/mol. The number of rotatable bonds is 5. The van der Waals surface area contributed by atoms with Crippen LogP contribution < -0.4 is 5.32 Å². The van der Waals surface area contributed by atoms with Crippen molar-refractivity contribution in [1.29, 1.82) is 0 Å². The molecule has 2 amide bonds. The molecule has 0 aliphatic carbocycles. The molecule has 0 saturated carbocycles. The molecule has 168 valence electrons. The fraction of sp³-hybridized carbons (Fsp3) is 0.476. The average Bonchev–Trinajstić information content (AvgIpc) is 3.36. The molecule has 1 aliphatic heterocycles. The first kappa shape index (κ1) is 22.0. The van der Waals surface area contributed by atoms with Gasteiger partial charge in [-0.05, 0) is 46.6 Å². The van der Waals surface area contributed by atoms with Crippen molar-refractivity contribution in [2.45, 2.75) is 47.0 Å². The minimum Gasteiger partial charge on any atom is -0.342 e. The second-order valence-electron chi connectivity index (χ2n) is 8.08. The van der Waals surface area contributed by atoms with Crippen molar-refractivity contribution in [2.24, 2.45) is 5.92 Å². The van der Waals surface area contributed by atoms with Gasteiger partial charge in [-0.1, -0.05) is 11.3 Å². The van der Waals surface area contributed by atoms with Crippen molar-refractivity contribution >= 4 is 28.3 Å². The van der Waals surface area contributed by atoms with Crippen LogP contribution in [-0.4, -0.2) is 59.7 Å². The van der Waals surface area contributed by atoms with Gasteiger partial charge in [-0.3, -0.25) is 9.59 Å². The largest absolute Gasteiger partial charge is 0.342 e. The molecule has 1 aliphatic rings. The minimum absolute atomic E-state index is 0.0417. The maximum Gasteiger partial charge on any atom is 0.251 e. The van der Waals surface area contributed by atoms with Crippen LogP contribution in [0, 0.1) is 33.6 Å². The number of hydrogen-bond acceptors (Lipinski definition) is 8. The van der Waals surface area contributed by atoms with E-state index >= 15 is 0 Å². The van der Waals surface area contributed by atoms with E-state index in [0.717, 1.165) is 28.3 Å². The predicted octanol–water partition coefficient (Wildman–Crippen LogP) is 2.17. The van der Waals surface area contributed by atoms with Gasteiger partial charge in [-0.15, -0.1) is 10.2 Å². The van der Waals surface area contributed by atoms with Crippen LogP contribution >= 0.6 is 11.3 Å². The Morgan fingerprint density at radius 2 is 1.81 bits per heavy atom. The lowest BCUT2D eigenvalue weighted by atomic mass is 9.95. The second-order valence-corrected chi connectivity index (χ2v) is 8.91. The van der Waals surface area contributed by atoms with Crippen LogP contribution in [0.15, 0.2) is 11.6 Å². The number of carbonyl (C=O) groups excluding carboxylic acids is 2. The quantitative estimate of drug-likeness (QED) is 0.627. The Hall–Kier alpha value is -3.21. The Balaban J connectivity index is 1.39. The van der Waals surface area contributed by atoms with Crippen LogP contribution in [0.3, 0.4) is 0 Å². The molecule has 3 aromatic heterocycles. The van der Waals surface area contributed by atoms with Crippen LogP contribution in [-0.2, 0) is 16.0 Å². The van der Waals surface area contributed by atoms with Crippen LogP contribution in [0.1, 0.15) is 41.2 Å². The first-order valence-corrected chi connectivity index (χ1v) is 11.4. The molecular weight excluding hydrogens is 428 g/mol. The molecule has 32 heavy (non-hydrogen) atoms. The van der Waals surface area contributed by atoms with Gasteiger partial charge in [0.2, 0.25) is 16.9 Å². The van der Waals surface area contributed by atoms with Gasteiger partial charge in [0.05, 0.1) is 12.1 Å². The molecule has 0 unspecified atom stereocenters. The maximum absolute atomic E-state index is 13.0. The van der Waals surface area contributed by atoms with E-state index in [1.54, 1.807) is 10.2 Å². The van der Waals surface area contributed by atoms with Gasteiger partial charge in [-0.2, -0.15) is 5.10 Å². The highest BCUT2D eigenvalue weighted by molar-refractivity contribution is 7.13. The number of aryl methyl sites for hydroxylation is 3. The topological polar surface area (TPSA) is 119 Å². The van der Waals surface area contributed by atoms with Crippen molar-refractivity contribution in [1.82, 2.24) is 34.8 Å². The van der Waals surface area contributed by atoms with Gasteiger partial charge in [-0.25, -0.2) is 14.6 Å². The molecule has 11 heteroatoms. The van der Waals surface area contributed by atoms with Gasteiger partial charge in [0.1, 0.15) is 5.51 Å². The third kappa shape index (κ3) is 4.67. The zero-order chi connectivity index (χ0) is 22.8. The smallest absolute Gasteiger partial charge is 0.251 e. The second kappa shape index (κ2) is 9.11. The lowest BCUT2D eigenvalue weighted by Gasteiger charge is -2.31. The highest BCUT2D eigenvalue weighted by Gasteiger charge is 2.29. The third-order valence-electron chi connectivity index (χ3n) is 5.74. The van der Waals surface area contributed by atoms with E-state index in [9.17, 15) is 9.59 Å². The van der Waals surface area contributed by atoms with Crippen molar-refractivity contribution in [3.05, 3.63) is 39.9 Å². The van der Waals surface area contributed by atoms with Crippen molar-refractivity contribution in [2.75, 3.05) is 18.4 Å². The van der Waals surface area contributed by atoms with E-state index < -0.39 is 0 Å². The standard InChI is InChI=1S/C21H26N8O2S/c1-12-9-13(2)24-20(23-12)29-15(4)17(14(3)27-29)10-18(30)28-7-5-16(6-8-28)19(31)25-21-26-22-11-32-21/h9,11,16H,5-8,10H2,1-4H3,(H,25,26,31). The summed E-state index contributed by atoms with van der Waals surface area (Å²) in [5.74, 6) is 0.371. The van der Waals surface area contributed by atoms with Gasteiger partial charge in [0, 0.05) is 41.7 Å². The summed E-state index contributed by atoms with van der Waals surface area (Å²) in [7, 11) is 0. The molecule has 4 heterocycles. The number of likely N-dealkylation sites (tertiary alicyclic amines) is 1. The molecule has 1 N–H and O–H groups in total. The molecule has 0 aromatic carbocycles. The number of nitrogens with zero attached hydrogens (tertiary/aromatic N) is 7. The van der Waals surface area contributed by atoms with Crippen molar-refractivity contribution < 1.29 is 9.59 Å². The van der Waals surface area contributed by atoms with Gasteiger partial charge in [0.15, 0.2) is 0 Å². The zero-order valence-corrected chi connectivity index (χ0v) is 19.4. The van der Waals surface area contributed by atoms with Crippen molar-refractivity contribution in [3.8, 4) is 5.95 Å². The van der Waals surface area contributed by atoms with Gasteiger partial charge < -0.3 is 10.2 Å². The Kier molecular flexibility index (Phi) is 6.26.